The van der Waals surface area contributed by atoms with Crippen molar-refractivity contribution < 1.29 is 14.4 Å². The van der Waals surface area contributed by atoms with Gasteiger partial charge in [-0.25, -0.2) is 0 Å². The topological polar surface area (TPSA) is 68.4 Å². The number of hydrogen-bond acceptors (Lipinski definition) is 6. The predicted octanol–water partition coefficient (Wildman–Crippen LogP) is 2.39. The van der Waals surface area contributed by atoms with Crippen LogP contribution in [0.4, 0.5) is 0 Å². The van der Waals surface area contributed by atoms with Crippen LogP contribution < -0.4 is 4.74 Å². The fraction of sp³-hybridized carbons (Fsp3) is 0.467. The van der Waals surface area contributed by atoms with Crippen LogP contribution in [0.15, 0.2) is 22.7 Å². The lowest BCUT2D eigenvalue weighted by Crippen LogP contribution is -2.30. The average Bonchev–Trinajstić information content (AvgIpc) is 3.17. The van der Waals surface area contributed by atoms with E-state index in [-0.39, 0.29) is 0 Å². The van der Waals surface area contributed by atoms with E-state index in [1.54, 1.807) is 0 Å². The normalized spacial score (nSPS) is 20.0. The molecule has 0 aliphatic carbocycles. The lowest BCUT2D eigenvalue weighted by molar-refractivity contribution is -0.00351. The molecule has 2 aliphatic heterocycles. The van der Waals surface area contributed by atoms with Gasteiger partial charge in [0, 0.05) is 12.0 Å². The minimum atomic E-state index is -0.962. The summed E-state index contributed by atoms with van der Waals surface area (Å²) in [5.74, 6) is 3.65. The summed E-state index contributed by atoms with van der Waals surface area (Å²) in [6.45, 7) is 0.730. The molecule has 4 rings (SSSR count). The highest BCUT2D eigenvalue weighted by Crippen LogP contribution is 2.36. The third kappa shape index (κ3) is 2.32. The molecule has 2 aliphatic rings. The highest BCUT2D eigenvalue weighted by Gasteiger charge is 2.37. The fourth-order valence-electron chi connectivity index (χ4n) is 2.78. The first-order valence-electron chi connectivity index (χ1n) is 7.15. The molecular formula is C15H16N2O3S. The quantitative estimate of drug-likeness (QED) is 0.919. The molecule has 1 aromatic heterocycles. The van der Waals surface area contributed by atoms with E-state index >= 15 is 0 Å². The van der Waals surface area contributed by atoms with Gasteiger partial charge in [0.25, 0.3) is 5.89 Å². The van der Waals surface area contributed by atoms with E-state index in [4.69, 9.17) is 9.26 Å². The fourth-order valence-corrected chi connectivity index (χ4v) is 3.95. The second kappa shape index (κ2) is 5.03. The minimum absolute atomic E-state index is 0.342. The van der Waals surface area contributed by atoms with Crippen LogP contribution in [0.3, 0.4) is 0 Å². The zero-order valence-electron chi connectivity index (χ0n) is 11.5. The van der Waals surface area contributed by atoms with Gasteiger partial charge in [-0.3, -0.25) is 0 Å². The molecule has 0 bridgehead atoms. The summed E-state index contributed by atoms with van der Waals surface area (Å²) in [5, 5.41) is 14.7. The summed E-state index contributed by atoms with van der Waals surface area (Å²) < 4.78 is 10.8. The zero-order valence-corrected chi connectivity index (χ0v) is 12.4. The molecule has 0 unspecified atom stereocenters. The Morgan fingerprint density at radius 1 is 1.24 bits per heavy atom. The molecule has 1 aromatic carbocycles. The molecule has 5 nitrogen and oxygen atoms in total. The van der Waals surface area contributed by atoms with Gasteiger partial charge >= 0.3 is 0 Å². The molecule has 1 saturated heterocycles. The molecule has 6 heteroatoms. The molecule has 2 aromatic rings. The van der Waals surface area contributed by atoms with Crippen LogP contribution in [0.1, 0.15) is 24.3 Å². The third-order valence-corrected chi connectivity index (χ3v) is 5.08. The van der Waals surface area contributed by atoms with Gasteiger partial charge in [-0.15, -0.1) is 0 Å². The largest absolute Gasteiger partial charge is 0.493 e. The SMILES string of the molecule is OC1(c2nc(-c3ccc4c(c3)CCO4)no2)CCSCC1. The maximum absolute atomic E-state index is 10.6. The van der Waals surface area contributed by atoms with E-state index in [0.29, 0.717) is 24.6 Å². The van der Waals surface area contributed by atoms with Crippen molar-refractivity contribution >= 4 is 11.8 Å². The van der Waals surface area contributed by atoms with Gasteiger partial charge in [-0.1, -0.05) is 5.16 Å². The first kappa shape index (κ1) is 13.2. The first-order chi connectivity index (χ1) is 10.2. The average molecular weight is 304 g/mol. The number of rotatable bonds is 2. The number of nitrogens with zero attached hydrogens (tertiary/aromatic N) is 2. The summed E-state index contributed by atoms with van der Waals surface area (Å²) >= 11 is 1.84. The van der Waals surface area contributed by atoms with E-state index < -0.39 is 5.60 Å². The molecule has 1 N–H and O–H groups in total. The van der Waals surface area contributed by atoms with Crippen LogP contribution >= 0.6 is 11.8 Å². The van der Waals surface area contributed by atoms with Gasteiger partial charge in [-0.2, -0.15) is 16.7 Å². The van der Waals surface area contributed by atoms with Crippen LogP contribution in [0.25, 0.3) is 11.4 Å². The lowest BCUT2D eigenvalue weighted by atomic mass is 9.97. The van der Waals surface area contributed by atoms with Gasteiger partial charge in [-0.05, 0) is 48.1 Å². The summed E-state index contributed by atoms with van der Waals surface area (Å²) in [7, 11) is 0. The summed E-state index contributed by atoms with van der Waals surface area (Å²) in [6.07, 6.45) is 2.24. The van der Waals surface area contributed by atoms with Crippen LogP contribution in [-0.4, -0.2) is 33.4 Å². The Morgan fingerprint density at radius 2 is 2.10 bits per heavy atom. The van der Waals surface area contributed by atoms with Crippen molar-refractivity contribution in [2.24, 2.45) is 0 Å². The predicted molar refractivity (Wildman–Crippen MR) is 79.4 cm³/mol. The number of aromatic nitrogens is 2. The molecule has 21 heavy (non-hydrogen) atoms. The number of fused-ring (bicyclic) bond motifs is 1. The number of ether oxygens (including phenoxy) is 1. The number of aliphatic hydroxyl groups is 1. The standard InChI is InChI=1S/C15H16N2O3S/c18-15(4-7-21-8-5-15)14-16-13(17-20-14)11-1-2-12-10(9-11)3-6-19-12/h1-2,9,18H,3-8H2. The highest BCUT2D eigenvalue weighted by molar-refractivity contribution is 7.99. The van der Waals surface area contributed by atoms with Crippen LogP contribution in [0.2, 0.25) is 0 Å². The molecule has 110 valence electrons. The molecular weight excluding hydrogens is 288 g/mol. The first-order valence-corrected chi connectivity index (χ1v) is 8.30. The second-order valence-corrected chi connectivity index (χ2v) is 6.71. The van der Waals surface area contributed by atoms with E-state index in [0.717, 1.165) is 35.8 Å². The number of hydrogen-bond donors (Lipinski definition) is 1. The zero-order chi connectivity index (χ0) is 14.3. The van der Waals surface area contributed by atoms with Crippen LogP contribution in [0, 0.1) is 0 Å². The molecule has 0 spiro atoms. The number of thioether (sulfide) groups is 1. The molecule has 0 atom stereocenters. The molecule has 3 heterocycles. The van der Waals surface area contributed by atoms with Crippen molar-refractivity contribution in [3.63, 3.8) is 0 Å². The Kier molecular flexibility index (Phi) is 3.15. The van der Waals surface area contributed by atoms with Crippen molar-refractivity contribution in [1.82, 2.24) is 10.1 Å². The van der Waals surface area contributed by atoms with Gasteiger partial charge < -0.3 is 14.4 Å². The molecule has 0 radical (unpaired) electrons. The van der Waals surface area contributed by atoms with E-state index in [1.807, 2.05) is 30.0 Å². The summed E-state index contributed by atoms with van der Waals surface area (Å²) in [6, 6.07) is 5.91. The smallest absolute Gasteiger partial charge is 0.258 e. The lowest BCUT2D eigenvalue weighted by Gasteiger charge is -2.27. The minimum Gasteiger partial charge on any atom is -0.493 e. The Morgan fingerprint density at radius 3 is 2.95 bits per heavy atom. The monoisotopic (exact) mass is 304 g/mol. The molecule has 1 fully saturated rings. The Bertz CT molecular complexity index is 665. The van der Waals surface area contributed by atoms with Crippen LogP contribution in [0.5, 0.6) is 5.75 Å². The Labute approximate surface area is 126 Å². The number of benzene rings is 1. The summed E-state index contributed by atoms with van der Waals surface area (Å²) in [5.41, 5.74) is 1.12. The maximum atomic E-state index is 10.6. The van der Waals surface area contributed by atoms with Gasteiger partial charge in [0.2, 0.25) is 5.82 Å². The highest BCUT2D eigenvalue weighted by atomic mass is 32.2. The van der Waals surface area contributed by atoms with Crippen molar-refractivity contribution in [2.75, 3.05) is 18.1 Å². The molecule has 0 amide bonds. The van der Waals surface area contributed by atoms with E-state index in [1.165, 1.54) is 5.56 Å². The van der Waals surface area contributed by atoms with E-state index in [9.17, 15) is 5.11 Å². The van der Waals surface area contributed by atoms with E-state index in [2.05, 4.69) is 10.1 Å². The van der Waals surface area contributed by atoms with Crippen molar-refractivity contribution in [2.45, 2.75) is 24.9 Å². The third-order valence-electron chi connectivity index (χ3n) is 4.09. The Balaban J connectivity index is 1.65. The van der Waals surface area contributed by atoms with Gasteiger partial charge in [0.15, 0.2) is 0 Å². The van der Waals surface area contributed by atoms with Crippen molar-refractivity contribution in [1.29, 1.82) is 0 Å². The van der Waals surface area contributed by atoms with Crippen molar-refractivity contribution in [3.05, 3.63) is 29.7 Å². The molecule has 0 saturated carbocycles. The maximum Gasteiger partial charge on any atom is 0.258 e. The van der Waals surface area contributed by atoms with Crippen LogP contribution in [-0.2, 0) is 12.0 Å². The van der Waals surface area contributed by atoms with Gasteiger partial charge in [0.05, 0.1) is 6.61 Å². The summed E-state index contributed by atoms with van der Waals surface area (Å²) in [4.78, 5) is 4.42. The second-order valence-electron chi connectivity index (χ2n) is 5.49. The van der Waals surface area contributed by atoms with Gasteiger partial charge in [0.1, 0.15) is 11.4 Å². The van der Waals surface area contributed by atoms with Crippen molar-refractivity contribution in [3.8, 4) is 17.1 Å². The Hall–Kier alpha value is -1.53.